The molecular weight excluding hydrogens is 190 g/mol. The maximum absolute atomic E-state index is 11.2. The zero-order chi connectivity index (χ0) is 10.7. The number of rotatable bonds is 3. The number of hydrogen-bond donors (Lipinski definition) is 1. The van der Waals surface area contributed by atoms with Crippen molar-refractivity contribution in [3.63, 3.8) is 0 Å². The SMILES string of the molecule is C=CC(=O)Nc1ccnn1C1CCCC1. The Hall–Kier alpha value is -1.58. The van der Waals surface area contributed by atoms with Crippen LogP contribution >= 0.6 is 0 Å². The monoisotopic (exact) mass is 205 g/mol. The first-order valence-corrected chi connectivity index (χ1v) is 5.28. The number of amides is 1. The lowest BCUT2D eigenvalue weighted by molar-refractivity contribution is -0.111. The molecule has 0 spiro atoms. The second-order valence-electron chi connectivity index (χ2n) is 3.79. The normalized spacial score (nSPS) is 16.5. The van der Waals surface area contributed by atoms with Gasteiger partial charge in [0.15, 0.2) is 0 Å². The van der Waals surface area contributed by atoms with Crippen LogP contribution in [-0.4, -0.2) is 15.7 Å². The van der Waals surface area contributed by atoms with Gasteiger partial charge in [-0.05, 0) is 18.9 Å². The van der Waals surface area contributed by atoms with Gasteiger partial charge >= 0.3 is 0 Å². The molecule has 1 aliphatic rings. The summed E-state index contributed by atoms with van der Waals surface area (Å²) in [5.74, 6) is 0.585. The molecule has 1 amide bonds. The summed E-state index contributed by atoms with van der Waals surface area (Å²) in [5, 5.41) is 7.01. The van der Waals surface area contributed by atoms with Crippen molar-refractivity contribution in [1.29, 1.82) is 0 Å². The van der Waals surface area contributed by atoms with Gasteiger partial charge in [-0.25, -0.2) is 4.68 Å². The Balaban J connectivity index is 2.13. The number of aromatic nitrogens is 2. The minimum atomic E-state index is -0.185. The smallest absolute Gasteiger partial charge is 0.248 e. The van der Waals surface area contributed by atoms with Crippen LogP contribution in [-0.2, 0) is 4.79 Å². The molecular formula is C11H15N3O. The lowest BCUT2D eigenvalue weighted by atomic mass is 10.2. The molecule has 1 heterocycles. The van der Waals surface area contributed by atoms with Crippen LogP contribution in [0.15, 0.2) is 24.9 Å². The molecule has 0 saturated heterocycles. The van der Waals surface area contributed by atoms with Crippen LogP contribution in [0.4, 0.5) is 5.82 Å². The summed E-state index contributed by atoms with van der Waals surface area (Å²) in [5.41, 5.74) is 0. The Morgan fingerprint density at radius 1 is 1.60 bits per heavy atom. The molecule has 0 aliphatic heterocycles. The molecule has 1 N–H and O–H groups in total. The fourth-order valence-electron chi connectivity index (χ4n) is 2.03. The van der Waals surface area contributed by atoms with E-state index in [1.54, 1.807) is 6.20 Å². The molecule has 15 heavy (non-hydrogen) atoms. The lowest BCUT2D eigenvalue weighted by Crippen LogP contribution is -2.15. The molecule has 0 unspecified atom stereocenters. The highest BCUT2D eigenvalue weighted by Crippen LogP contribution is 2.31. The van der Waals surface area contributed by atoms with Crippen LogP contribution in [0.5, 0.6) is 0 Å². The largest absolute Gasteiger partial charge is 0.307 e. The van der Waals surface area contributed by atoms with Gasteiger partial charge < -0.3 is 5.32 Å². The van der Waals surface area contributed by atoms with Crippen molar-refractivity contribution in [3.8, 4) is 0 Å². The van der Waals surface area contributed by atoms with Crippen molar-refractivity contribution >= 4 is 11.7 Å². The molecule has 1 aromatic rings. The predicted molar refractivity (Wildman–Crippen MR) is 58.6 cm³/mol. The molecule has 1 aromatic heterocycles. The van der Waals surface area contributed by atoms with Gasteiger partial charge in [0.1, 0.15) is 5.82 Å². The number of carbonyl (C=O) groups excluding carboxylic acids is 1. The van der Waals surface area contributed by atoms with Crippen molar-refractivity contribution in [3.05, 3.63) is 24.9 Å². The standard InChI is InChI=1S/C11H15N3O/c1-2-11(15)13-10-7-8-12-14(10)9-5-3-4-6-9/h2,7-9H,1,3-6H2,(H,13,15). The topological polar surface area (TPSA) is 46.9 Å². The van der Waals surface area contributed by atoms with Crippen molar-refractivity contribution in [1.82, 2.24) is 9.78 Å². The first kappa shape index (κ1) is 9.96. The zero-order valence-corrected chi connectivity index (χ0v) is 8.65. The predicted octanol–water partition coefficient (Wildman–Crippen LogP) is 2.12. The Morgan fingerprint density at radius 2 is 2.33 bits per heavy atom. The molecule has 0 aromatic carbocycles. The number of hydrogen-bond acceptors (Lipinski definition) is 2. The van der Waals surface area contributed by atoms with Crippen molar-refractivity contribution in [2.75, 3.05) is 5.32 Å². The van der Waals surface area contributed by atoms with Gasteiger partial charge in [0.25, 0.3) is 0 Å². The Bertz CT molecular complexity index is 364. The fraction of sp³-hybridized carbons (Fsp3) is 0.455. The van der Waals surface area contributed by atoms with Crippen LogP contribution in [0.3, 0.4) is 0 Å². The van der Waals surface area contributed by atoms with Gasteiger partial charge in [-0.1, -0.05) is 19.4 Å². The second kappa shape index (κ2) is 4.29. The molecule has 0 radical (unpaired) electrons. The first-order chi connectivity index (χ1) is 7.31. The van der Waals surface area contributed by atoms with E-state index < -0.39 is 0 Å². The maximum Gasteiger partial charge on any atom is 0.248 e. The minimum absolute atomic E-state index is 0.185. The van der Waals surface area contributed by atoms with Gasteiger partial charge in [-0.3, -0.25) is 4.79 Å². The van der Waals surface area contributed by atoms with E-state index in [0.717, 1.165) is 18.7 Å². The summed E-state index contributed by atoms with van der Waals surface area (Å²) in [7, 11) is 0. The summed E-state index contributed by atoms with van der Waals surface area (Å²) >= 11 is 0. The van der Waals surface area contributed by atoms with E-state index in [0.29, 0.717) is 6.04 Å². The third kappa shape index (κ3) is 2.09. The van der Waals surface area contributed by atoms with E-state index in [2.05, 4.69) is 17.0 Å². The summed E-state index contributed by atoms with van der Waals surface area (Å²) in [6.45, 7) is 3.43. The Morgan fingerprint density at radius 3 is 3.00 bits per heavy atom. The van der Waals surface area contributed by atoms with Gasteiger partial charge in [0.2, 0.25) is 5.91 Å². The average molecular weight is 205 g/mol. The fourth-order valence-corrected chi connectivity index (χ4v) is 2.03. The van der Waals surface area contributed by atoms with E-state index in [-0.39, 0.29) is 5.91 Å². The summed E-state index contributed by atoms with van der Waals surface area (Å²) < 4.78 is 1.91. The van der Waals surface area contributed by atoms with E-state index in [4.69, 9.17) is 0 Å². The quantitative estimate of drug-likeness (QED) is 0.768. The van der Waals surface area contributed by atoms with Crippen molar-refractivity contribution in [2.24, 2.45) is 0 Å². The van der Waals surface area contributed by atoms with Crippen LogP contribution in [0.2, 0.25) is 0 Å². The molecule has 0 bridgehead atoms. The average Bonchev–Trinajstić information content (AvgIpc) is 2.86. The van der Waals surface area contributed by atoms with Gasteiger partial charge in [0, 0.05) is 6.07 Å². The molecule has 4 heteroatoms. The molecule has 80 valence electrons. The van der Waals surface area contributed by atoms with Crippen LogP contribution in [0, 0.1) is 0 Å². The van der Waals surface area contributed by atoms with E-state index in [9.17, 15) is 4.79 Å². The highest BCUT2D eigenvalue weighted by Gasteiger charge is 2.19. The van der Waals surface area contributed by atoms with Crippen LogP contribution < -0.4 is 5.32 Å². The molecule has 1 saturated carbocycles. The van der Waals surface area contributed by atoms with E-state index in [1.165, 1.54) is 18.9 Å². The minimum Gasteiger partial charge on any atom is -0.307 e. The van der Waals surface area contributed by atoms with Crippen molar-refractivity contribution in [2.45, 2.75) is 31.7 Å². The maximum atomic E-state index is 11.2. The summed E-state index contributed by atoms with van der Waals surface area (Å²) in [6, 6.07) is 2.26. The Kier molecular flexibility index (Phi) is 2.85. The summed E-state index contributed by atoms with van der Waals surface area (Å²) in [4.78, 5) is 11.2. The Labute approximate surface area is 89.0 Å². The van der Waals surface area contributed by atoms with Gasteiger partial charge in [0.05, 0.1) is 12.2 Å². The van der Waals surface area contributed by atoms with Gasteiger partial charge in [-0.15, -0.1) is 0 Å². The number of anilines is 1. The third-order valence-corrected chi connectivity index (χ3v) is 2.78. The highest BCUT2D eigenvalue weighted by atomic mass is 16.1. The highest BCUT2D eigenvalue weighted by molar-refractivity contribution is 5.98. The molecule has 1 fully saturated rings. The molecule has 2 rings (SSSR count). The number of nitrogens with zero attached hydrogens (tertiary/aromatic N) is 2. The van der Waals surface area contributed by atoms with Gasteiger partial charge in [-0.2, -0.15) is 5.10 Å². The van der Waals surface area contributed by atoms with Crippen LogP contribution in [0.1, 0.15) is 31.7 Å². The number of carbonyl (C=O) groups is 1. The van der Waals surface area contributed by atoms with E-state index in [1.807, 2.05) is 10.7 Å². The zero-order valence-electron chi connectivity index (χ0n) is 8.65. The first-order valence-electron chi connectivity index (χ1n) is 5.28. The number of nitrogens with one attached hydrogen (secondary N) is 1. The summed E-state index contributed by atoms with van der Waals surface area (Å²) in [6.07, 6.45) is 7.79. The lowest BCUT2D eigenvalue weighted by Gasteiger charge is -2.13. The molecule has 1 aliphatic carbocycles. The van der Waals surface area contributed by atoms with Crippen molar-refractivity contribution < 1.29 is 4.79 Å². The van der Waals surface area contributed by atoms with E-state index >= 15 is 0 Å². The third-order valence-electron chi connectivity index (χ3n) is 2.78. The molecule has 0 atom stereocenters. The second-order valence-corrected chi connectivity index (χ2v) is 3.79. The van der Waals surface area contributed by atoms with Crippen LogP contribution in [0.25, 0.3) is 0 Å². The molecule has 4 nitrogen and oxygen atoms in total.